The Morgan fingerprint density at radius 3 is 3.00 bits per heavy atom. The highest BCUT2D eigenvalue weighted by Crippen LogP contribution is 2.27. The van der Waals surface area contributed by atoms with E-state index in [2.05, 4.69) is 25.8 Å². The fourth-order valence-corrected chi connectivity index (χ4v) is 5.36. The third-order valence-corrected chi connectivity index (χ3v) is 6.86. The molecule has 6 nitrogen and oxygen atoms in total. The predicted octanol–water partition coefficient (Wildman–Crippen LogP) is 3.08. The number of thiophene rings is 1. The summed E-state index contributed by atoms with van der Waals surface area (Å²) in [6.07, 6.45) is 6.66. The first-order chi connectivity index (χ1) is 10.5. The first-order valence-electron chi connectivity index (χ1n) is 6.95. The Morgan fingerprint density at radius 2 is 2.32 bits per heavy atom. The summed E-state index contributed by atoms with van der Waals surface area (Å²) in [5.74, 6) is 0. The van der Waals surface area contributed by atoms with Crippen LogP contribution in [0.5, 0.6) is 0 Å². The van der Waals surface area contributed by atoms with Crippen molar-refractivity contribution in [1.82, 2.24) is 9.78 Å². The highest BCUT2D eigenvalue weighted by Gasteiger charge is 2.19. The minimum Gasteiger partial charge on any atom is -0.376 e. The standard InChI is InChI=1S/C13H16BrN3O3S2/c14-12-4-5-13(21-12)22(18,19)16-10-7-15-17(8-10)9-11-3-1-2-6-20-11/h4-5,7-8,11,16H,1-3,6,9H2. The van der Waals surface area contributed by atoms with E-state index in [-0.39, 0.29) is 10.3 Å². The Kier molecular flexibility index (Phi) is 4.86. The third-order valence-electron chi connectivity index (χ3n) is 3.36. The molecule has 0 radical (unpaired) electrons. The molecule has 1 unspecified atom stereocenters. The van der Waals surface area contributed by atoms with Gasteiger partial charge in [0.25, 0.3) is 10.0 Å². The van der Waals surface area contributed by atoms with Crippen LogP contribution < -0.4 is 4.72 Å². The number of anilines is 1. The summed E-state index contributed by atoms with van der Waals surface area (Å²) in [5, 5.41) is 4.20. The molecule has 3 rings (SSSR count). The van der Waals surface area contributed by atoms with Crippen LogP contribution in [0.15, 0.2) is 32.5 Å². The van der Waals surface area contributed by atoms with Gasteiger partial charge in [0.15, 0.2) is 0 Å². The van der Waals surface area contributed by atoms with E-state index >= 15 is 0 Å². The Labute approximate surface area is 141 Å². The van der Waals surface area contributed by atoms with E-state index in [1.54, 1.807) is 23.0 Å². The molecule has 2 aromatic heterocycles. The minimum atomic E-state index is -3.56. The average molecular weight is 406 g/mol. The van der Waals surface area contributed by atoms with Gasteiger partial charge in [-0.3, -0.25) is 9.40 Å². The number of rotatable bonds is 5. The van der Waals surface area contributed by atoms with Crippen LogP contribution in [0, 0.1) is 0 Å². The molecule has 1 saturated heterocycles. The van der Waals surface area contributed by atoms with E-state index < -0.39 is 10.0 Å². The van der Waals surface area contributed by atoms with Crippen molar-refractivity contribution in [1.29, 1.82) is 0 Å². The summed E-state index contributed by atoms with van der Waals surface area (Å²) in [5.41, 5.74) is 0.459. The first-order valence-corrected chi connectivity index (χ1v) is 10.0. The molecule has 1 N–H and O–H groups in total. The fourth-order valence-electron chi connectivity index (χ4n) is 2.32. The van der Waals surface area contributed by atoms with Crippen molar-refractivity contribution >= 4 is 43.0 Å². The van der Waals surface area contributed by atoms with E-state index in [4.69, 9.17) is 4.74 Å². The Morgan fingerprint density at radius 1 is 1.45 bits per heavy atom. The zero-order chi connectivity index (χ0) is 15.6. The molecule has 0 spiro atoms. The quantitative estimate of drug-likeness (QED) is 0.829. The van der Waals surface area contributed by atoms with Gasteiger partial charge < -0.3 is 4.74 Å². The Balaban J connectivity index is 1.66. The lowest BCUT2D eigenvalue weighted by Crippen LogP contribution is -2.24. The number of sulfonamides is 1. The van der Waals surface area contributed by atoms with Gasteiger partial charge in [-0.25, -0.2) is 8.42 Å². The van der Waals surface area contributed by atoms with Gasteiger partial charge in [-0.1, -0.05) is 0 Å². The third kappa shape index (κ3) is 3.89. The normalized spacial score (nSPS) is 19.2. The van der Waals surface area contributed by atoms with Crippen LogP contribution in [0.4, 0.5) is 5.69 Å². The molecule has 2 aromatic rings. The van der Waals surface area contributed by atoms with Crippen LogP contribution in [-0.2, 0) is 21.3 Å². The van der Waals surface area contributed by atoms with Crippen molar-refractivity contribution in [2.24, 2.45) is 0 Å². The van der Waals surface area contributed by atoms with Crippen LogP contribution in [0.3, 0.4) is 0 Å². The highest BCUT2D eigenvalue weighted by molar-refractivity contribution is 9.11. The van der Waals surface area contributed by atoms with Crippen molar-refractivity contribution in [3.8, 4) is 0 Å². The van der Waals surface area contributed by atoms with E-state index in [0.29, 0.717) is 12.2 Å². The highest BCUT2D eigenvalue weighted by atomic mass is 79.9. The molecule has 0 bridgehead atoms. The maximum absolute atomic E-state index is 12.2. The van der Waals surface area contributed by atoms with Gasteiger partial charge in [0, 0.05) is 12.8 Å². The van der Waals surface area contributed by atoms with E-state index in [1.807, 2.05) is 0 Å². The zero-order valence-corrected chi connectivity index (χ0v) is 15.0. The van der Waals surface area contributed by atoms with Gasteiger partial charge in [0.05, 0.1) is 28.3 Å². The van der Waals surface area contributed by atoms with Gasteiger partial charge in [-0.2, -0.15) is 5.10 Å². The van der Waals surface area contributed by atoms with E-state index in [1.165, 1.54) is 24.0 Å². The lowest BCUT2D eigenvalue weighted by atomic mass is 10.1. The summed E-state index contributed by atoms with van der Waals surface area (Å²) < 4.78 is 35.4. The maximum Gasteiger partial charge on any atom is 0.271 e. The summed E-state index contributed by atoms with van der Waals surface area (Å²) in [6.45, 7) is 1.44. The van der Waals surface area contributed by atoms with Gasteiger partial charge >= 0.3 is 0 Å². The average Bonchev–Trinajstić information content (AvgIpc) is 3.09. The second-order valence-electron chi connectivity index (χ2n) is 5.10. The van der Waals surface area contributed by atoms with Crippen molar-refractivity contribution in [2.45, 2.75) is 36.1 Å². The number of hydrogen-bond donors (Lipinski definition) is 1. The molecular formula is C13H16BrN3O3S2. The van der Waals surface area contributed by atoms with Gasteiger partial charge in [0.1, 0.15) is 4.21 Å². The van der Waals surface area contributed by atoms with E-state index in [0.717, 1.165) is 23.2 Å². The Hall–Kier alpha value is -0.900. The number of aromatic nitrogens is 2. The van der Waals surface area contributed by atoms with Crippen LogP contribution in [0.2, 0.25) is 0 Å². The van der Waals surface area contributed by atoms with E-state index in [9.17, 15) is 8.42 Å². The fraction of sp³-hybridized carbons (Fsp3) is 0.462. The maximum atomic E-state index is 12.2. The van der Waals surface area contributed by atoms with Crippen molar-refractivity contribution in [3.63, 3.8) is 0 Å². The number of ether oxygens (including phenoxy) is 1. The first kappa shape index (κ1) is 16.0. The number of halogens is 1. The van der Waals surface area contributed by atoms with Crippen molar-refractivity contribution < 1.29 is 13.2 Å². The lowest BCUT2D eigenvalue weighted by Gasteiger charge is -2.22. The van der Waals surface area contributed by atoms with Crippen LogP contribution >= 0.6 is 27.3 Å². The summed E-state index contributed by atoms with van der Waals surface area (Å²) in [4.78, 5) is 0. The molecule has 0 aliphatic carbocycles. The molecule has 1 atom stereocenters. The lowest BCUT2D eigenvalue weighted by molar-refractivity contribution is 0.00401. The molecule has 3 heterocycles. The minimum absolute atomic E-state index is 0.159. The monoisotopic (exact) mass is 405 g/mol. The topological polar surface area (TPSA) is 73.2 Å². The van der Waals surface area contributed by atoms with Crippen LogP contribution in [0.25, 0.3) is 0 Å². The SMILES string of the molecule is O=S(=O)(Nc1cnn(CC2CCCCO2)c1)c1ccc(Br)s1. The molecule has 0 amide bonds. The van der Waals surface area contributed by atoms with Gasteiger partial charge in [-0.05, 0) is 47.3 Å². The Bertz CT molecular complexity index is 735. The van der Waals surface area contributed by atoms with Gasteiger partial charge in [-0.15, -0.1) is 11.3 Å². The zero-order valence-electron chi connectivity index (χ0n) is 11.7. The van der Waals surface area contributed by atoms with Crippen LogP contribution in [-0.4, -0.2) is 30.9 Å². The summed E-state index contributed by atoms with van der Waals surface area (Å²) in [6, 6.07) is 3.28. The molecule has 120 valence electrons. The predicted molar refractivity (Wildman–Crippen MR) is 88.6 cm³/mol. The van der Waals surface area contributed by atoms with Crippen molar-refractivity contribution in [2.75, 3.05) is 11.3 Å². The summed E-state index contributed by atoms with van der Waals surface area (Å²) >= 11 is 4.43. The molecule has 22 heavy (non-hydrogen) atoms. The molecule has 1 aliphatic rings. The second-order valence-corrected chi connectivity index (χ2v) is 9.48. The molecule has 0 saturated carbocycles. The smallest absolute Gasteiger partial charge is 0.271 e. The molecule has 1 fully saturated rings. The second kappa shape index (κ2) is 6.69. The number of nitrogens with one attached hydrogen (secondary N) is 1. The molecule has 9 heteroatoms. The van der Waals surface area contributed by atoms with Crippen LogP contribution in [0.1, 0.15) is 19.3 Å². The summed E-state index contributed by atoms with van der Waals surface area (Å²) in [7, 11) is -3.56. The number of hydrogen-bond acceptors (Lipinski definition) is 5. The largest absolute Gasteiger partial charge is 0.376 e. The molecule has 0 aromatic carbocycles. The number of nitrogens with zero attached hydrogens (tertiary/aromatic N) is 2. The molecule has 1 aliphatic heterocycles. The van der Waals surface area contributed by atoms with Crippen molar-refractivity contribution in [3.05, 3.63) is 28.3 Å². The van der Waals surface area contributed by atoms with Gasteiger partial charge in [0.2, 0.25) is 0 Å². The molecular weight excluding hydrogens is 390 g/mol.